The first-order valence-electron chi connectivity index (χ1n) is 5.36. The molecule has 0 atom stereocenters. The van der Waals surface area contributed by atoms with Crippen LogP contribution in [0.4, 0.5) is 18.9 Å². The monoisotopic (exact) mass is 261 g/mol. The van der Waals surface area contributed by atoms with Gasteiger partial charge in [-0.3, -0.25) is 0 Å². The van der Waals surface area contributed by atoms with Gasteiger partial charge in [-0.2, -0.15) is 13.2 Å². The summed E-state index contributed by atoms with van der Waals surface area (Å²) in [5.74, 6) is 0.814. The molecule has 0 saturated carbocycles. The van der Waals surface area contributed by atoms with E-state index in [2.05, 4.69) is 19.2 Å². The van der Waals surface area contributed by atoms with E-state index in [0.29, 0.717) is 4.90 Å². The quantitative estimate of drug-likeness (QED) is 0.749. The Morgan fingerprint density at radius 1 is 1.29 bits per heavy atom. The van der Waals surface area contributed by atoms with Crippen molar-refractivity contribution in [2.75, 3.05) is 17.6 Å². The molecule has 0 amide bonds. The van der Waals surface area contributed by atoms with Crippen molar-refractivity contribution in [3.8, 4) is 0 Å². The number of alkyl halides is 3. The normalized spacial score (nSPS) is 19.1. The van der Waals surface area contributed by atoms with Gasteiger partial charge in [0.05, 0.1) is 5.56 Å². The summed E-state index contributed by atoms with van der Waals surface area (Å²) in [6.07, 6.45) is -4.27. The van der Waals surface area contributed by atoms with Crippen LogP contribution in [0.15, 0.2) is 23.1 Å². The number of hydrogen-bond acceptors (Lipinski definition) is 2. The number of anilines is 1. The zero-order valence-corrected chi connectivity index (χ0v) is 10.5. The van der Waals surface area contributed by atoms with Gasteiger partial charge in [-0.05, 0) is 23.6 Å². The van der Waals surface area contributed by atoms with E-state index < -0.39 is 11.7 Å². The fourth-order valence-corrected chi connectivity index (χ4v) is 2.78. The summed E-state index contributed by atoms with van der Waals surface area (Å²) < 4.78 is 37.7. The summed E-state index contributed by atoms with van der Waals surface area (Å²) in [5, 5.41) is 3.21. The average Bonchev–Trinajstić information content (AvgIpc) is 2.36. The van der Waals surface area contributed by atoms with Crippen LogP contribution in [0.3, 0.4) is 0 Å². The number of thioether (sulfide) groups is 1. The van der Waals surface area contributed by atoms with Gasteiger partial charge in [0.15, 0.2) is 0 Å². The molecule has 1 heterocycles. The van der Waals surface area contributed by atoms with Gasteiger partial charge in [-0.1, -0.05) is 13.8 Å². The minimum atomic E-state index is -4.27. The maximum atomic E-state index is 12.6. The molecule has 94 valence electrons. The topological polar surface area (TPSA) is 12.0 Å². The van der Waals surface area contributed by atoms with E-state index in [4.69, 9.17) is 0 Å². The van der Waals surface area contributed by atoms with Crippen LogP contribution in [0.2, 0.25) is 0 Å². The van der Waals surface area contributed by atoms with E-state index in [0.717, 1.165) is 24.1 Å². The molecule has 1 nitrogen and oxygen atoms in total. The average molecular weight is 261 g/mol. The summed E-state index contributed by atoms with van der Waals surface area (Å²) in [5.41, 5.74) is 0.307. The first-order chi connectivity index (χ1) is 7.78. The Morgan fingerprint density at radius 2 is 2.00 bits per heavy atom. The second-order valence-corrected chi connectivity index (χ2v) is 6.03. The van der Waals surface area contributed by atoms with Crippen LogP contribution < -0.4 is 5.32 Å². The van der Waals surface area contributed by atoms with Crippen LogP contribution in [0.5, 0.6) is 0 Å². The molecule has 1 N–H and O–H groups in total. The Hall–Kier alpha value is -0.840. The lowest BCUT2D eigenvalue weighted by atomic mass is 9.96. The van der Waals surface area contributed by atoms with E-state index in [9.17, 15) is 13.2 Å². The highest BCUT2D eigenvalue weighted by molar-refractivity contribution is 7.99. The molecule has 17 heavy (non-hydrogen) atoms. The van der Waals surface area contributed by atoms with Gasteiger partial charge in [0, 0.05) is 22.9 Å². The SMILES string of the molecule is CC1(C)CNc2ccc(C(F)(F)F)cc2SC1. The summed E-state index contributed by atoms with van der Waals surface area (Å²) in [7, 11) is 0. The van der Waals surface area contributed by atoms with E-state index in [-0.39, 0.29) is 5.41 Å². The van der Waals surface area contributed by atoms with Gasteiger partial charge >= 0.3 is 6.18 Å². The molecule has 1 aromatic carbocycles. The predicted molar refractivity (Wildman–Crippen MR) is 64.4 cm³/mol. The third-order valence-corrected chi connectivity index (χ3v) is 4.26. The summed E-state index contributed by atoms with van der Waals surface area (Å²) >= 11 is 1.48. The lowest BCUT2D eigenvalue weighted by molar-refractivity contribution is -0.137. The van der Waals surface area contributed by atoms with Gasteiger partial charge in [0.25, 0.3) is 0 Å². The maximum Gasteiger partial charge on any atom is 0.416 e. The maximum absolute atomic E-state index is 12.6. The number of nitrogens with one attached hydrogen (secondary N) is 1. The minimum Gasteiger partial charge on any atom is -0.384 e. The van der Waals surface area contributed by atoms with E-state index in [1.165, 1.54) is 23.9 Å². The van der Waals surface area contributed by atoms with Crippen molar-refractivity contribution in [3.63, 3.8) is 0 Å². The van der Waals surface area contributed by atoms with Crippen LogP contribution in [0, 0.1) is 5.41 Å². The van der Waals surface area contributed by atoms with Gasteiger partial charge in [0.2, 0.25) is 0 Å². The number of fused-ring (bicyclic) bond motifs is 1. The predicted octanol–water partition coefficient (Wildman–Crippen LogP) is 4.25. The number of rotatable bonds is 0. The second-order valence-electron chi connectivity index (χ2n) is 5.02. The van der Waals surface area contributed by atoms with Crippen molar-refractivity contribution >= 4 is 17.4 Å². The molecule has 0 spiro atoms. The van der Waals surface area contributed by atoms with E-state index in [1.807, 2.05) is 0 Å². The number of halogens is 3. The highest BCUT2D eigenvalue weighted by atomic mass is 32.2. The van der Waals surface area contributed by atoms with Crippen LogP contribution in [0.1, 0.15) is 19.4 Å². The molecule has 0 fully saturated rings. The van der Waals surface area contributed by atoms with Crippen molar-refractivity contribution in [1.82, 2.24) is 0 Å². The van der Waals surface area contributed by atoms with Crippen molar-refractivity contribution in [3.05, 3.63) is 23.8 Å². The molecular weight excluding hydrogens is 247 g/mol. The summed E-state index contributed by atoms with van der Waals surface area (Å²) in [6.45, 7) is 4.98. The standard InChI is InChI=1S/C12H14F3NS/c1-11(2)6-16-9-4-3-8(12(13,14)15)5-10(9)17-7-11/h3-5,16H,6-7H2,1-2H3. The smallest absolute Gasteiger partial charge is 0.384 e. The molecule has 0 saturated heterocycles. The molecule has 2 rings (SSSR count). The molecule has 1 aliphatic heterocycles. The molecule has 0 radical (unpaired) electrons. The van der Waals surface area contributed by atoms with Crippen molar-refractivity contribution in [2.24, 2.45) is 5.41 Å². The van der Waals surface area contributed by atoms with Crippen LogP contribution in [0.25, 0.3) is 0 Å². The first-order valence-corrected chi connectivity index (χ1v) is 6.34. The van der Waals surface area contributed by atoms with E-state index in [1.54, 1.807) is 0 Å². The van der Waals surface area contributed by atoms with Crippen molar-refractivity contribution in [2.45, 2.75) is 24.9 Å². The summed E-state index contributed by atoms with van der Waals surface area (Å²) in [4.78, 5) is 0.686. The third-order valence-electron chi connectivity index (χ3n) is 2.68. The Morgan fingerprint density at radius 3 is 2.65 bits per heavy atom. The molecule has 0 bridgehead atoms. The largest absolute Gasteiger partial charge is 0.416 e. The molecule has 1 aliphatic rings. The van der Waals surface area contributed by atoms with Crippen molar-refractivity contribution < 1.29 is 13.2 Å². The Balaban J connectivity index is 2.32. The summed E-state index contributed by atoms with van der Waals surface area (Å²) in [6, 6.07) is 3.88. The highest BCUT2D eigenvalue weighted by Gasteiger charge is 2.32. The number of hydrogen-bond donors (Lipinski definition) is 1. The molecule has 5 heteroatoms. The molecule has 0 aromatic heterocycles. The zero-order chi connectivity index (χ0) is 12.7. The van der Waals surface area contributed by atoms with Gasteiger partial charge < -0.3 is 5.32 Å². The molecule has 0 unspecified atom stereocenters. The second kappa shape index (κ2) is 4.12. The third kappa shape index (κ3) is 2.89. The highest BCUT2D eigenvalue weighted by Crippen LogP contribution is 2.40. The minimum absolute atomic E-state index is 0.0854. The lowest BCUT2D eigenvalue weighted by Crippen LogP contribution is -2.23. The van der Waals surface area contributed by atoms with Crippen LogP contribution in [-0.2, 0) is 6.18 Å². The Labute approximate surface area is 103 Å². The van der Waals surface area contributed by atoms with Crippen molar-refractivity contribution in [1.29, 1.82) is 0 Å². The fraction of sp³-hybridized carbons (Fsp3) is 0.500. The Kier molecular flexibility index (Phi) is 3.06. The molecular formula is C12H14F3NS. The zero-order valence-electron chi connectivity index (χ0n) is 9.69. The van der Waals surface area contributed by atoms with Gasteiger partial charge in [0.1, 0.15) is 0 Å². The molecule has 0 aliphatic carbocycles. The lowest BCUT2D eigenvalue weighted by Gasteiger charge is -2.21. The Bertz CT molecular complexity index is 426. The van der Waals surface area contributed by atoms with Gasteiger partial charge in [-0.25, -0.2) is 0 Å². The van der Waals surface area contributed by atoms with Crippen LogP contribution >= 0.6 is 11.8 Å². The van der Waals surface area contributed by atoms with Gasteiger partial charge in [-0.15, -0.1) is 11.8 Å². The van der Waals surface area contributed by atoms with Crippen LogP contribution in [-0.4, -0.2) is 12.3 Å². The molecule has 1 aromatic rings. The fourth-order valence-electron chi connectivity index (χ4n) is 1.62. The van der Waals surface area contributed by atoms with E-state index >= 15 is 0 Å². The number of benzene rings is 1. The first kappa shape index (κ1) is 12.6.